The fourth-order valence-corrected chi connectivity index (χ4v) is 1.13. The van der Waals surface area contributed by atoms with Crippen molar-refractivity contribution in [3.63, 3.8) is 0 Å². The molecule has 1 nitrogen and oxygen atoms in total. The van der Waals surface area contributed by atoms with Gasteiger partial charge in [-0.25, -0.2) is 0 Å². The number of nitrogens with zero attached hydrogens (tertiary/aromatic N) is 1. The summed E-state index contributed by atoms with van der Waals surface area (Å²) >= 11 is 0. The number of hydrogen-bond donors (Lipinski definition) is 0. The lowest BCUT2D eigenvalue weighted by Gasteiger charge is -1.87. The van der Waals surface area contributed by atoms with E-state index in [0.717, 1.165) is 32.1 Å². The SMILES string of the molecule is CC/C=C/C/C=C/CC/C=C/CCC#N. The zero-order valence-electron chi connectivity index (χ0n) is 9.65. The smallest absolute Gasteiger partial charge is 0.0624 e. The summed E-state index contributed by atoms with van der Waals surface area (Å²) in [6, 6.07) is 2.13. The van der Waals surface area contributed by atoms with Crippen molar-refractivity contribution in [2.24, 2.45) is 0 Å². The normalized spacial score (nSPS) is 11.7. The molecule has 82 valence electrons. The third-order valence-electron chi connectivity index (χ3n) is 1.93. The van der Waals surface area contributed by atoms with Crippen molar-refractivity contribution in [3.8, 4) is 6.07 Å². The molecule has 0 saturated carbocycles. The van der Waals surface area contributed by atoms with Crippen molar-refractivity contribution in [2.45, 2.75) is 45.4 Å². The van der Waals surface area contributed by atoms with Gasteiger partial charge in [-0.3, -0.25) is 0 Å². The van der Waals surface area contributed by atoms with Gasteiger partial charge in [-0.1, -0.05) is 43.4 Å². The highest BCUT2D eigenvalue weighted by atomic mass is 14.2. The second kappa shape index (κ2) is 12.7. The van der Waals surface area contributed by atoms with Gasteiger partial charge in [-0.15, -0.1) is 0 Å². The standard InChI is InChI=1S/C14H21N/c1-2-3-4-5-6-7-8-9-10-11-12-13-14-15/h3-4,6-7,10-11H,2,5,8-9,12-13H2,1H3/b4-3+,7-6+,11-10+. The van der Waals surface area contributed by atoms with Crippen molar-refractivity contribution >= 4 is 0 Å². The van der Waals surface area contributed by atoms with Crippen LogP contribution in [0.2, 0.25) is 0 Å². The molecule has 0 fully saturated rings. The Labute approximate surface area is 93.8 Å². The van der Waals surface area contributed by atoms with Crippen molar-refractivity contribution in [3.05, 3.63) is 36.5 Å². The molecule has 0 aliphatic rings. The van der Waals surface area contributed by atoms with E-state index in [1.54, 1.807) is 0 Å². The highest BCUT2D eigenvalue weighted by Crippen LogP contribution is 1.97. The lowest BCUT2D eigenvalue weighted by molar-refractivity contribution is 1.01. The Balaban J connectivity index is 3.27. The molecule has 0 aromatic carbocycles. The topological polar surface area (TPSA) is 23.8 Å². The molecule has 15 heavy (non-hydrogen) atoms. The summed E-state index contributed by atoms with van der Waals surface area (Å²) in [6.07, 6.45) is 18.9. The first kappa shape index (κ1) is 13.7. The summed E-state index contributed by atoms with van der Waals surface area (Å²) in [4.78, 5) is 0. The second-order valence-electron chi connectivity index (χ2n) is 3.33. The van der Waals surface area contributed by atoms with Crippen molar-refractivity contribution in [2.75, 3.05) is 0 Å². The number of nitriles is 1. The van der Waals surface area contributed by atoms with E-state index in [9.17, 15) is 0 Å². The minimum Gasteiger partial charge on any atom is -0.198 e. The lowest BCUT2D eigenvalue weighted by Crippen LogP contribution is -1.67. The van der Waals surface area contributed by atoms with Gasteiger partial charge in [0.15, 0.2) is 0 Å². The van der Waals surface area contributed by atoms with Crippen LogP contribution in [0.3, 0.4) is 0 Å². The highest BCUT2D eigenvalue weighted by Gasteiger charge is 1.78. The Kier molecular flexibility index (Phi) is 11.6. The number of unbranched alkanes of at least 4 members (excludes halogenated alkanes) is 2. The van der Waals surface area contributed by atoms with Gasteiger partial charge in [0.1, 0.15) is 0 Å². The average Bonchev–Trinajstić information content (AvgIpc) is 2.26. The predicted octanol–water partition coefficient (Wildman–Crippen LogP) is 4.54. The maximum absolute atomic E-state index is 8.31. The molecule has 0 bridgehead atoms. The molecule has 0 aromatic rings. The third-order valence-corrected chi connectivity index (χ3v) is 1.93. The predicted molar refractivity (Wildman–Crippen MR) is 66.4 cm³/mol. The van der Waals surface area contributed by atoms with Gasteiger partial charge < -0.3 is 0 Å². The van der Waals surface area contributed by atoms with Crippen LogP contribution >= 0.6 is 0 Å². The van der Waals surface area contributed by atoms with E-state index in [0.29, 0.717) is 6.42 Å². The lowest BCUT2D eigenvalue weighted by atomic mass is 10.2. The van der Waals surface area contributed by atoms with Crippen molar-refractivity contribution in [1.82, 2.24) is 0 Å². The Morgan fingerprint density at radius 2 is 1.47 bits per heavy atom. The van der Waals surface area contributed by atoms with Crippen molar-refractivity contribution < 1.29 is 0 Å². The summed E-state index contributed by atoms with van der Waals surface area (Å²) in [5.41, 5.74) is 0. The molecule has 0 amide bonds. The first-order valence-corrected chi connectivity index (χ1v) is 5.73. The van der Waals surface area contributed by atoms with E-state index in [2.05, 4.69) is 49.4 Å². The van der Waals surface area contributed by atoms with Crippen LogP contribution in [0.5, 0.6) is 0 Å². The quantitative estimate of drug-likeness (QED) is 0.419. The maximum atomic E-state index is 8.31. The van der Waals surface area contributed by atoms with Crippen LogP contribution in [0, 0.1) is 11.3 Å². The van der Waals surface area contributed by atoms with E-state index in [-0.39, 0.29) is 0 Å². The van der Waals surface area contributed by atoms with E-state index in [4.69, 9.17) is 5.26 Å². The zero-order valence-corrected chi connectivity index (χ0v) is 9.65. The Morgan fingerprint density at radius 1 is 0.867 bits per heavy atom. The third kappa shape index (κ3) is 12.7. The van der Waals surface area contributed by atoms with Gasteiger partial charge in [0.25, 0.3) is 0 Å². The summed E-state index contributed by atoms with van der Waals surface area (Å²) in [5.74, 6) is 0. The number of hydrogen-bond acceptors (Lipinski definition) is 1. The molecule has 1 heteroatoms. The van der Waals surface area contributed by atoms with Crippen LogP contribution in [0.1, 0.15) is 45.4 Å². The van der Waals surface area contributed by atoms with Gasteiger partial charge in [-0.2, -0.15) is 5.26 Å². The van der Waals surface area contributed by atoms with E-state index >= 15 is 0 Å². The molecule has 0 rings (SSSR count). The average molecular weight is 203 g/mol. The highest BCUT2D eigenvalue weighted by molar-refractivity contribution is 4.94. The molecule has 0 N–H and O–H groups in total. The molecule has 0 radical (unpaired) electrons. The molecule has 0 aliphatic carbocycles. The second-order valence-corrected chi connectivity index (χ2v) is 3.33. The largest absolute Gasteiger partial charge is 0.198 e. The molecule has 0 heterocycles. The monoisotopic (exact) mass is 203 g/mol. The fourth-order valence-electron chi connectivity index (χ4n) is 1.13. The summed E-state index contributed by atoms with van der Waals surface area (Å²) in [6.45, 7) is 2.15. The Bertz CT molecular complexity index is 241. The maximum Gasteiger partial charge on any atom is 0.0624 e. The van der Waals surface area contributed by atoms with Crippen LogP contribution in [-0.4, -0.2) is 0 Å². The first-order valence-electron chi connectivity index (χ1n) is 5.73. The van der Waals surface area contributed by atoms with Gasteiger partial charge >= 0.3 is 0 Å². The summed E-state index contributed by atoms with van der Waals surface area (Å²) in [5, 5.41) is 8.31. The van der Waals surface area contributed by atoms with Crippen LogP contribution in [0.25, 0.3) is 0 Å². The number of allylic oxidation sites excluding steroid dienone is 6. The van der Waals surface area contributed by atoms with Crippen LogP contribution in [0.15, 0.2) is 36.5 Å². The van der Waals surface area contributed by atoms with Gasteiger partial charge in [0.05, 0.1) is 6.07 Å². The molecular weight excluding hydrogens is 182 g/mol. The summed E-state index contributed by atoms with van der Waals surface area (Å²) < 4.78 is 0. The zero-order chi connectivity index (χ0) is 11.2. The van der Waals surface area contributed by atoms with Crippen LogP contribution < -0.4 is 0 Å². The van der Waals surface area contributed by atoms with Crippen molar-refractivity contribution in [1.29, 1.82) is 5.26 Å². The minimum absolute atomic E-state index is 0.633. The van der Waals surface area contributed by atoms with Gasteiger partial charge in [-0.05, 0) is 32.1 Å². The Morgan fingerprint density at radius 3 is 2.13 bits per heavy atom. The summed E-state index contributed by atoms with van der Waals surface area (Å²) in [7, 11) is 0. The van der Waals surface area contributed by atoms with E-state index < -0.39 is 0 Å². The number of rotatable bonds is 8. The molecule has 0 atom stereocenters. The Hall–Kier alpha value is -1.29. The van der Waals surface area contributed by atoms with Gasteiger partial charge in [0.2, 0.25) is 0 Å². The minimum atomic E-state index is 0.633. The van der Waals surface area contributed by atoms with Gasteiger partial charge in [0, 0.05) is 6.42 Å². The molecule has 0 spiro atoms. The molecule has 0 saturated heterocycles. The molecule has 0 aromatic heterocycles. The van der Waals surface area contributed by atoms with Crippen LogP contribution in [-0.2, 0) is 0 Å². The van der Waals surface area contributed by atoms with E-state index in [1.165, 1.54) is 0 Å². The van der Waals surface area contributed by atoms with E-state index in [1.807, 2.05) is 0 Å². The fraction of sp³-hybridized carbons (Fsp3) is 0.500. The molecular formula is C14H21N. The first-order chi connectivity index (χ1) is 7.41. The molecule has 0 aliphatic heterocycles. The molecule has 0 unspecified atom stereocenters. The van der Waals surface area contributed by atoms with Crippen LogP contribution in [0.4, 0.5) is 0 Å².